The van der Waals surface area contributed by atoms with Crippen molar-refractivity contribution < 1.29 is 9.53 Å². The molecule has 1 aromatic heterocycles. The molecule has 3 aromatic rings. The van der Waals surface area contributed by atoms with Crippen molar-refractivity contribution in [1.29, 1.82) is 0 Å². The molecule has 31 heavy (non-hydrogen) atoms. The van der Waals surface area contributed by atoms with Crippen LogP contribution in [0.4, 0.5) is 11.5 Å². The van der Waals surface area contributed by atoms with E-state index in [0.717, 1.165) is 35.4 Å². The Morgan fingerprint density at radius 3 is 2.61 bits per heavy atom. The fourth-order valence-electron chi connectivity index (χ4n) is 3.67. The number of nitrogens with zero attached hydrogens (tertiary/aromatic N) is 3. The molecule has 0 atom stereocenters. The quantitative estimate of drug-likeness (QED) is 0.580. The molecule has 1 aliphatic heterocycles. The van der Waals surface area contributed by atoms with Crippen molar-refractivity contribution in [3.63, 3.8) is 0 Å². The lowest BCUT2D eigenvalue weighted by molar-refractivity contribution is -0.120. The summed E-state index contributed by atoms with van der Waals surface area (Å²) in [5.74, 6) is 1.87. The number of piperidine rings is 1. The van der Waals surface area contributed by atoms with E-state index in [-0.39, 0.29) is 11.8 Å². The van der Waals surface area contributed by atoms with Crippen LogP contribution >= 0.6 is 11.6 Å². The molecule has 1 aliphatic rings. The number of halogens is 1. The Hall–Kier alpha value is -3.12. The number of anilines is 2. The van der Waals surface area contributed by atoms with Crippen molar-refractivity contribution in [3.8, 4) is 11.6 Å². The molecule has 4 rings (SSSR count). The Bertz CT molecular complexity index is 1080. The first-order chi connectivity index (χ1) is 15.0. The summed E-state index contributed by atoms with van der Waals surface area (Å²) in [6.45, 7) is 5.36. The van der Waals surface area contributed by atoms with Gasteiger partial charge in [0.05, 0.1) is 0 Å². The normalized spacial score (nSPS) is 14.4. The highest BCUT2D eigenvalue weighted by Gasteiger charge is 2.27. The second kappa shape index (κ2) is 9.35. The summed E-state index contributed by atoms with van der Waals surface area (Å²) < 4.78 is 6.01. The Balaban J connectivity index is 1.39. The Morgan fingerprint density at radius 1 is 1.10 bits per heavy atom. The maximum Gasteiger partial charge on any atom is 0.263 e. The number of amides is 1. The highest BCUT2D eigenvalue weighted by molar-refractivity contribution is 6.31. The lowest BCUT2D eigenvalue weighted by Gasteiger charge is -2.32. The second-order valence-corrected chi connectivity index (χ2v) is 8.23. The minimum atomic E-state index is -0.0610. The number of carbonyl (C=O) groups is 1. The zero-order valence-corrected chi connectivity index (χ0v) is 18.4. The molecule has 0 radical (unpaired) electrons. The first kappa shape index (κ1) is 21.1. The van der Waals surface area contributed by atoms with Gasteiger partial charge in [-0.05, 0) is 62.1 Å². The topological polar surface area (TPSA) is 67.4 Å². The molecule has 1 fully saturated rings. The van der Waals surface area contributed by atoms with Crippen LogP contribution < -0.4 is 15.0 Å². The first-order valence-electron chi connectivity index (χ1n) is 10.4. The van der Waals surface area contributed by atoms with E-state index in [4.69, 9.17) is 16.3 Å². The van der Waals surface area contributed by atoms with E-state index in [1.807, 2.05) is 50.2 Å². The van der Waals surface area contributed by atoms with E-state index in [1.54, 1.807) is 18.5 Å². The van der Waals surface area contributed by atoms with Crippen LogP contribution in [-0.4, -0.2) is 29.0 Å². The van der Waals surface area contributed by atoms with E-state index in [2.05, 4.69) is 20.2 Å². The van der Waals surface area contributed by atoms with E-state index in [1.165, 1.54) is 0 Å². The van der Waals surface area contributed by atoms with Gasteiger partial charge in [0.2, 0.25) is 5.91 Å². The van der Waals surface area contributed by atoms with Crippen LogP contribution in [0.5, 0.6) is 11.6 Å². The Morgan fingerprint density at radius 2 is 1.87 bits per heavy atom. The summed E-state index contributed by atoms with van der Waals surface area (Å²) in [7, 11) is 0. The summed E-state index contributed by atoms with van der Waals surface area (Å²) in [5.41, 5.74) is 2.83. The molecule has 2 heterocycles. The minimum absolute atomic E-state index is 0.0231. The number of ether oxygens (including phenoxy) is 1. The average Bonchev–Trinajstić information content (AvgIpc) is 2.77. The fourth-order valence-corrected chi connectivity index (χ4v) is 3.85. The fraction of sp³-hybridized carbons (Fsp3) is 0.292. The van der Waals surface area contributed by atoms with Crippen LogP contribution in [0.25, 0.3) is 0 Å². The number of aryl methyl sites for hydroxylation is 2. The molecule has 1 saturated heterocycles. The van der Waals surface area contributed by atoms with Crippen LogP contribution in [0.2, 0.25) is 5.02 Å². The molecule has 6 nitrogen and oxygen atoms in total. The standard InChI is InChI=1S/C24H25ClN4O2/c1-16-4-3-5-20(14-16)31-24-22(26-10-11-27-24)29-12-8-18(9-13-29)23(30)28-19-7-6-17(2)21(25)15-19/h3-7,10-11,14-15,18H,8-9,12-13H2,1-2H3,(H,28,30). The largest absolute Gasteiger partial charge is 0.436 e. The summed E-state index contributed by atoms with van der Waals surface area (Å²) in [6.07, 6.45) is 4.75. The summed E-state index contributed by atoms with van der Waals surface area (Å²) in [5, 5.41) is 3.64. The number of benzene rings is 2. The number of hydrogen-bond acceptors (Lipinski definition) is 5. The maximum absolute atomic E-state index is 12.7. The van der Waals surface area contributed by atoms with Crippen LogP contribution in [0.1, 0.15) is 24.0 Å². The van der Waals surface area contributed by atoms with E-state index >= 15 is 0 Å². The predicted octanol–water partition coefficient (Wildman–Crippen LogP) is 5.39. The molecule has 0 aliphatic carbocycles. The molecule has 160 valence electrons. The third-order valence-electron chi connectivity index (χ3n) is 5.46. The molecule has 1 N–H and O–H groups in total. The van der Waals surface area contributed by atoms with Crippen molar-refractivity contribution in [2.75, 3.05) is 23.3 Å². The highest BCUT2D eigenvalue weighted by Crippen LogP contribution is 2.31. The highest BCUT2D eigenvalue weighted by atomic mass is 35.5. The zero-order valence-electron chi connectivity index (χ0n) is 17.6. The van der Waals surface area contributed by atoms with Crippen molar-refractivity contribution in [2.24, 2.45) is 5.92 Å². The van der Waals surface area contributed by atoms with Gasteiger partial charge in [0.1, 0.15) is 5.75 Å². The number of rotatable bonds is 5. The van der Waals surface area contributed by atoms with Crippen LogP contribution in [-0.2, 0) is 4.79 Å². The number of nitrogens with one attached hydrogen (secondary N) is 1. The van der Waals surface area contributed by atoms with Crippen molar-refractivity contribution in [1.82, 2.24) is 9.97 Å². The van der Waals surface area contributed by atoms with Gasteiger partial charge in [-0.25, -0.2) is 9.97 Å². The molecule has 0 saturated carbocycles. The van der Waals surface area contributed by atoms with Crippen LogP contribution in [0, 0.1) is 19.8 Å². The lowest BCUT2D eigenvalue weighted by Crippen LogP contribution is -2.38. The van der Waals surface area contributed by atoms with Crippen LogP contribution in [0.3, 0.4) is 0 Å². The van der Waals surface area contributed by atoms with Gasteiger partial charge in [0.25, 0.3) is 5.88 Å². The van der Waals surface area contributed by atoms with Gasteiger partial charge >= 0.3 is 0 Å². The van der Waals surface area contributed by atoms with Gasteiger partial charge < -0.3 is 15.0 Å². The average molecular weight is 437 g/mol. The number of hydrogen-bond donors (Lipinski definition) is 1. The van der Waals surface area contributed by atoms with Gasteiger partial charge in [-0.15, -0.1) is 0 Å². The monoisotopic (exact) mass is 436 g/mol. The van der Waals surface area contributed by atoms with E-state index < -0.39 is 0 Å². The van der Waals surface area contributed by atoms with Gasteiger partial charge in [-0.2, -0.15) is 0 Å². The molecule has 2 aromatic carbocycles. The lowest BCUT2D eigenvalue weighted by atomic mass is 9.95. The maximum atomic E-state index is 12.7. The molecule has 0 unspecified atom stereocenters. The van der Waals surface area contributed by atoms with Crippen LogP contribution in [0.15, 0.2) is 54.9 Å². The second-order valence-electron chi connectivity index (χ2n) is 7.82. The Kier molecular flexibility index (Phi) is 6.37. The van der Waals surface area contributed by atoms with Crippen molar-refractivity contribution >= 4 is 29.0 Å². The molecule has 0 spiro atoms. The van der Waals surface area contributed by atoms with Crippen molar-refractivity contribution in [3.05, 3.63) is 71.0 Å². The number of aromatic nitrogens is 2. The first-order valence-corrected chi connectivity index (χ1v) is 10.7. The third kappa shape index (κ3) is 5.14. The molecule has 0 bridgehead atoms. The molecular formula is C24H25ClN4O2. The number of carbonyl (C=O) groups excluding carboxylic acids is 1. The molecular weight excluding hydrogens is 412 g/mol. The van der Waals surface area contributed by atoms with Gasteiger partial charge in [-0.1, -0.05) is 29.8 Å². The minimum Gasteiger partial charge on any atom is -0.436 e. The Labute approximate surface area is 187 Å². The SMILES string of the molecule is Cc1cccc(Oc2nccnc2N2CCC(C(=O)Nc3ccc(C)c(Cl)c3)CC2)c1. The molecule has 7 heteroatoms. The summed E-state index contributed by atoms with van der Waals surface area (Å²) in [6, 6.07) is 13.4. The third-order valence-corrected chi connectivity index (χ3v) is 5.86. The van der Waals surface area contributed by atoms with E-state index in [0.29, 0.717) is 29.8 Å². The summed E-state index contributed by atoms with van der Waals surface area (Å²) in [4.78, 5) is 23.7. The van der Waals surface area contributed by atoms with Crippen molar-refractivity contribution in [2.45, 2.75) is 26.7 Å². The smallest absolute Gasteiger partial charge is 0.263 e. The predicted molar refractivity (Wildman–Crippen MR) is 123 cm³/mol. The van der Waals surface area contributed by atoms with Gasteiger partial charge in [0.15, 0.2) is 5.82 Å². The zero-order chi connectivity index (χ0) is 21.8. The summed E-state index contributed by atoms with van der Waals surface area (Å²) >= 11 is 6.17. The van der Waals surface area contributed by atoms with E-state index in [9.17, 15) is 4.79 Å². The molecule has 1 amide bonds. The van der Waals surface area contributed by atoms with Gasteiger partial charge in [-0.3, -0.25) is 4.79 Å². The van der Waals surface area contributed by atoms with Gasteiger partial charge in [0, 0.05) is 42.1 Å².